The minimum Gasteiger partial charge on any atom is -0.395 e. The monoisotopic (exact) mass is 259 g/mol. The lowest BCUT2D eigenvalue weighted by Gasteiger charge is -2.23. The van der Waals surface area contributed by atoms with Crippen molar-refractivity contribution in [3.63, 3.8) is 0 Å². The van der Waals surface area contributed by atoms with E-state index >= 15 is 0 Å². The Morgan fingerprint density at radius 1 is 1.21 bits per heavy atom. The molecule has 4 N–H and O–H groups in total. The van der Waals surface area contributed by atoms with Crippen molar-refractivity contribution in [2.24, 2.45) is 5.84 Å². The number of nitrogens with zero attached hydrogens (tertiary/aromatic N) is 3. The second-order valence-electron chi connectivity index (χ2n) is 4.04. The first-order valence-electron chi connectivity index (χ1n) is 6.02. The number of nitrogens with two attached hydrogens (primary N) is 1. The fourth-order valence-corrected chi connectivity index (χ4v) is 1.80. The molecule has 1 aromatic heterocycles. The van der Waals surface area contributed by atoms with Crippen LogP contribution < -0.4 is 16.2 Å². The first-order valence-corrected chi connectivity index (χ1v) is 6.02. The normalized spacial score (nSPS) is 10.2. The molecule has 1 heterocycles. The van der Waals surface area contributed by atoms with Crippen molar-refractivity contribution in [3.05, 3.63) is 48.3 Å². The van der Waals surface area contributed by atoms with Gasteiger partial charge in [0, 0.05) is 19.2 Å². The molecule has 1 aromatic carbocycles. The summed E-state index contributed by atoms with van der Waals surface area (Å²) in [5.74, 6) is 6.60. The maximum absolute atomic E-state index is 9.18. The second-order valence-corrected chi connectivity index (χ2v) is 4.04. The van der Waals surface area contributed by atoms with Crippen LogP contribution in [0.3, 0.4) is 0 Å². The van der Waals surface area contributed by atoms with E-state index in [9.17, 15) is 5.11 Å². The molecule has 0 radical (unpaired) electrons. The number of aromatic nitrogens is 2. The number of aliphatic hydroxyl groups is 1. The van der Waals surface area contributed by atoms with E-state index in [2.05, 4.69) is 15.4 Å². The first kappa shape index (κ1) is 13.3. The summed E-state index contributed by atoms with van der Waals surface area (Å²) in [5.41, 5.74) is 3.64. The molecule has 0 fully saturated rings. The van der Waals surface area contributed by atoms with E-state index in [1.807, 2.05) is 35.2 Å². The van der Waals surface area contributed by atoms with Crippen molar-refractivity contribution in [2.45, 2.75) is 6.54 Å². The van der Waals surface area contributed by atoms with Gasteiger partial charge < -0.3 is 15.4 Å². The maximum atomic E-state index is 9.18. The van der Waals surface area contributed by atoms with Crippen molar-refractivity contribution in [3.8, 4) is 0 Å². The molecular formula is C13H17N5O. The quantitative estimate of drug-likeness (QED) is 0.524. The lowest BCUT2D eigenvalue weighted by Crippen LogP contribution is -2.27. The average Bonchev–Trinajstić information content (AvgIpc) is 2.48. The first-order chi connectivity index (χ1) is 9.33. The van der Waals surface area contributed by atoms with E-state index < -0.39 is 0 Å². The highest BCUT2D eigenvalue weighted by atomic mass is 16.3. The van der Waals surface area contributed by atoms with Crippen LogP contribution in [0.15, 0.2) is 42.7 Å². The zero-order chi connectivity index (χ0) is 13.5. The van der Waals surface area contributed by atoms with Gasteiger partial charge in [-0.05, 0) is 5.56 Å². The Morgan fingerprint density at radius 2 is 2.00 bits per heavy atom. The standard InChI is InChI=1S/C13H17N5O/c14-17-12-8-13(16-10-15-12)18(6-7-19)9-11-4-2-1-3-5-11/h1-5,8,10,19H,6-7,9,14H2,(H,15,16,17). The Hall–Kier alpha value is -2.18. The van der Waals surface area contributed by atoms with Gasteiger partial charge in [0.1, 0.15) is 18.0 Å². The molecular weight excluding hydrogens is 242 g/mol. The molecule has 0 saturated heterocycles. The molecule has 6 heteroatoms. The predicted octanol–water partition coefficient (Wildman–Crippen LogP) is 0.761. The van der Waals surface area contributed by atoms with Crippen LogP contribution in [0.4, 0.5) is 11.6 Å². The summed E-state index contributed by atoms with van der Waals surface area (Å²) < 4.78 is 0. The zero-order valence-corrected chi connectivity index (χ0v) is 10.5. The summed E-state index contributed by atoms with van der Waals surface area (Å²) in [5, 5.41) is 9.18. The summed E-state index contributed by atoms with van der Waals surface area (Å²) in [4.78, 5) is 10.2. The molecule has 0 spiro atoms. The van der Waals surface area contributed by atoms with Crippen molar-refractivity contribution in [2.75, 3.05) is 23.5 Å². The summed E-state index contributed by atoms with van der Waals surface area (Å²) in [6.45, 7) is 1.22. The number of hydrogen-bond donors (Lipinski definition) is 3. The van der Waals surface area contributed by atoms with Gasteiger partial charge in [-0.2, -0.15) is 0 Å². The van der Waals surface area contributed by atoms with Gasteiger partial charge >= 0.3 is 0 Å². The summed E-state index contributed by atoms with van der Waals surface area (Å²) in [6.07, 6.45) is 1.44. The van der Waals surface area contributed by atoms with E-state index in [1.54, 1.807) is 6.07 Å². The zero-order valence-electron chi connectivity index (χ0n) is 10.5. The Morgan fingerprint density at radius 3 is 2.68 bits per heavy atom. The molecule has 0 saturated carbocycles. The molecule has 0 aliphatic heterocycles. The molecule has 2 rings (SSSR count). The number of rotatable bonds is 6. The molecule has 0 unspecified atom stereocenters. The second kappa shape index (κ2) is 6.67. The third-order valence-corrected chi connectivity index (χ3v) is 2.71. The van der Waals surface area contributed by atoms with Gasteiger partial charge in [0.25, 0.3) is 0 Å². The lowest BCUT2D eigenvalue weighted by atomic mass is 10.2. The minimum atomic E-state index is 0.0578. The molecule has 100 valence electrons. The number of hydrazine groups is 1. The highest BCUT2D eigenvalue weighted by Gasteiger charge is 2.09. The lowest BCUT2D eigenvalue weighted by molar-refractivity contribution is 0.301. The molecule has 0 atom stereocenters. The van der Waals surface area contributed by atoms with E-state index in [-0.39, 0.29) is 6.61 Å². The number of aliphatic hydroxyl groups excluding tert-OH is 1. The molecule has 6 nitrogen and oxygen atoms in total. The van der Waals surface area contributed by atoms with Gasteiger partial charge in [0.15, 0.2) is 0 Å². The Balaban J connectivity index is 2.19. The summed E-state index contributed by atoms with van der Waals surface area (Å²) in [6, 6.07) is 11.8. The molecule has 0 aliphatic rings. The van der Waals surface area contributed by atoms with E-state index in [0.29, 0.717) is 18.9 Å². The third kappa shape index (κ3) is 3.64. The van der Waals surface area contributed by atoms with Gasteiger partial charge in [0.05, 0.1) is 6.61 Å². The van der Waals surface area contributed by atoms with Crippen LogP contribution in [0.2, 0.25) is 0 Å². The fraction of sp³-hybridized carbons (Fsp3) is 0.231. The number of nitrogens with one attached hydrogen (secondary N) is 1. The minimum absolute atomic E-state index is 0.0578. The van der Waals surface area contributed by atoms with Gasteiger partial charge in [-0.1, -0.05) is 30.3 Å². The number of benzene rings is 1. The SMILES string of the molecule is NNc1cc(N(CCO)Cc2ccccc2)ncn1. The molecule has 2 aromatic rings. The fourth-order valence-electron chi connectivity index (χ4n) is 1.80. The van der Waals surface area contributed by atoms with Crippen LogP contribution in [-0.4, -0.2) is 28.2 Å². The molecule has 0 aliphatic carbocycles. The number of hydrogen-bond acceptors (Lipinski definition) is 6. The molecule has 19 heavy (non-hydrogen) atoms. The van der Waals surface area contributed by atoms with Crippen LogP contribution in [0.1, 0.15) is 5.56 Å². The number of nitrogen functional groups attached to an aromatic ring is 1. The van der Waals surface area contributed by atoms with Gasteiger partial charge in [-0.25, -0.2) is 15.8 Å². The smallest absolute Gasteiger partial charge is 0.145 e. The van der Waals surface area contributed by atoms with Crippen LogP contribution in [0, 0.1) is 0 Å². The topological polar surface area (TPSA) is 87.3 Å². The van der Waals surface area contributed by atoms with Crippen molar-refractivity contribution >= 4 is 11.6 Å². The van der Waals surface area contributed by atoms with Crippen molar-refractivity contribution < 1.29 is 5.11 Å². The van der Waals surface area contributed by atoms with Gasteiger partial charge in [-0.15, -0.1) is 0 Å². The van der Waals surface area contributed by atoms with Gasteiger partial charge in [-0.3, -0.25) is 0 Å². The average molecular weight is 259 g/mol. The van der Waals surface area contributed by atoms with Crippen LogP contribution in [-0.2, 0) is 6.54 Å². The summed E-state index contributed by atoms with van der Waals surface area (Å²) in [7, 11) is 0. The van der Waals surface area contributed by atoms with E-state index in [1.165, 1.54) is 6.33 Å². The van der Waals surface area contributed by atoms with Crippen LogP contribution in [0.5, 0.6) is 0 Å². The van der Waals surface area contributed by atoms with Crippen molar-refractivity contribution in [1.82, 2.24) is 9.97 Å². The van der Waals surface area contributed by atoms with E-state index in [4.69, 9.17) is 5.84 Å². The summed E-state index contributed by atoms with van der Waals surface area (Å²) >= 11 is 0. The highest BCUT2D eigenvalue weighted by Crippen LogP contribution is 2.16. The van der Waals surface area contributed by atoms with Crippen molar-refractivity contribution in [1.29, 1.82) is 0 Å². The Kier molecular flexibility index (Phi) is 4.66. The maximum Gasteiger partial charge on any atom is 0.145 e. The van der Waals surface area contributed by atoms with Crippen LogP contribution in [0.25, 0.3) is 0 Å². The molecule has 0 bridgehead atoms. The Bertz CT molecular complexity index is 505. The third-order valence-electron chi connectivity index (χ3n) is 2.71. The van der Waals surface area contributed by atoms with Crippen LogP contribution >= 0.6 is 0 Å². The predicted molar refractivity (Wildman–Crippen MR) is 74.4 cm³/mol. The largest absolute Gasteiger partial charge is 0.395 e. The number of anilines is 2. The van der Waals surface area contributed by atoms with Gasteiger partial charge in [0.2, 0.25) is 0 Å². The van der Waals surface area contributed by atoms with E-state index in [0.717, 1.165) is 11.4 Å². The Labute approximate surface area is 111 Å². The molecule has 0 amide bonds. The highest BCUT2D eigenvalue weighted by molar-refractivity contribution is 5.48.